The first-order chi connectivity index (χ1) is 21.6. The molecular weight excluding hydrogens is 592 g/mol. The van der Waals surface area contributed by atoms with Gasteiger partial charge in [0.05, 0.1) is 23.7 Å². The number of nitrogens with zero attached hydrogens (tertiary/aromatic N) is 4. The second-order valence-electron chi connectivity index (χ2n) is 12.2. The molecule has 3 fully saturated rings. The average molecular weight is 627 g/mol. The minimum atomic E-state index is -0.332. The molecule has 232 valence electrons. The number of carbonyl (C=O) groups is 3. The molecule has 3 aromatic rings. The fourth-order valence-corrected chi connectivity index (χ4v) is 6.53. The molecule has 2 N–H and O–H groups in total. The van der Waals surface area contributed by atoms with E-state index in [1.54, 1.807) is 13.2 Å². The number of likely N-dealkylation sites (tertiary alicyclic amines) is 2. The van der Waals surface area contributed by atoms with Gasteiger partial charge in [0.2, 0.25) is 11.8 Å². The lowest BCUT2D eigenvalue weighted by Crippen LogP contribution is -2.49. The number of aryl methyl sites for hydroxylation is 1. The summed E-state index contributed by atoms with van der Waals surface area (Å²) in [6.07, 6.45) is 3.31. The summed E-state index contributed by atoms with van der Waals surface area (Å²) in [6.45, 7) is 2.87. The van der Waals surface area contributed by atoms with Gasteiger partial charge in [0.25, 0.3) is 11.5 Å². The van der Waals surface area contributed by atoms with Gasteiger partial charge in [-0.25, -0.2) is 4.68 Å². The minimum absolute atomic E-state index is 0.00120. The molecule has 0 saturated carbocycles. The molecular formula is C34H35ClN6O4. The predicted octanol–water partition coefficient (Wildman–Crippen LogP) is 2.98. The Kier molecular flexibility index (Phi) is 8.74. The van der Waals surface area contributed by atoms with Crippen LogP contribution in [0.15, 0.2) is 59.5 Å². The molecule has 2 aromatic carbocycles. The highest BCUT2D eigenvalue weighted by atomic mass is 35.5. The lowest BCUT2D eigenvalue weighted by Gasteiger charge is -2.37. The van der Waals surface area contributed by atoms with Crippen molar-refractivity contribution in [3.05, 3.63) is 92.4 Å². The third-order valence-corrected chi connectivity index (χ3v) is 9.21. The molecule has 0 bridgehead atoms. The van der Waals surface area contributed by atoms with Crippen LogP contribution in [0.2, 0.25) is 5.02 Å². The molecule has 0 spiro atoms. The molecule has 1 aromatic heterocycles. The van der Waals surface area contributed by atoms with Crippen molar-refractivity contribution in [3.63, 3.8) is 0 Å². The average Bonchev–Trinajstić information content (AvgIpc) is 3.01. The molecule has 3 aliphatic heterocycles. The van der Waals surface area contributed by atoms with E-state index in [0.29, 0.717) is 37.2 Å². The zero-order chi connectivity index (χ0) is 31.7. The van der Waals surface area contributed by atoms with Crippen LogP contribution >= 0.6 is 11.6 Å². The summed E-state index contributed by atoms with van der Waals surface area (Å²) in [5, 5.41) is 10.0. The van der Waals surface area contributed by atoms with Crippen molar-refractivity contribution in [1.29, 1.82) is 0 Å². The van der Waals surface area contributed by atoms with Gasteiger partial charge in [0.15, 0.2) is 0 Å². The van der Waals surface area contributed by atoms with Gasteiger partial charge >= 0.3 is 0 Å². The van der Waals surface area contributed by atoms with Crippen molar-refractivity contribution in [1.82, 2.24) is 24.9 Å². The number of likely N-dealkylation sites (N-methyl/N-ethyl adjacent to an activating group) is 1. The minimum Gasteiger partial charge on any atom is -0.378 e. The summed E-state index contributed by atoms with van der Waals surface area (Å²) in [6, 6.07) is 15.6. The number of hydrogen-bond donors (Lipinski definition) is 2. The Bertz CT molecular complexity index is 1740. The number of imide groups is 1. The Hall–Kier alpha value is -4.46. The molecule has 3 atom stereocenters. The van der Waals surface area contributed by atoms with E-state index >= 15 is 0 Å². The Balaban J connectivity index is 1.01. The van der Waals surface area contributed by atoms with Crippen molar-refractivity contribution < 1.29 is 14.4 Å². The maximum atomic E-state index is 13.1. The number of halogens is 1. The van der Waals surface area contributed by atoms with Crippen LogP contribution in [0, 0.1) is 17.8 Å². The number of amides is 3. The van der Waals surface area contributed by atoms with E-state index in [1.807, 2.05) is 53.4 Å². The molecule has 4 heterocycles. The molecule has 45 heavy (non-hydrogen) atoms. The van der Waals surface area contributed by atoms with Crippen molar-refractivity contribution in [3.8, 4) is 11.8 Å². The van der Waals surface area contributed by atoms with E-state index in [9.17, 15) is 19.2 Å². The molecule has 3 aliphatic rings. The highest BCUT2D eigenvalue weighted by molar-refractivity contribution is 6.32. The highest BCUT2D eigenvalue weighted by Gasteiger charge is 2.31. The van der Waals surface area contributed by atoms with E-state index in [0.717, 1.165) is 36.2 Å². The number of aromatic nitrogens is 2. The highest BCUT2D eigenvalue weighted by Crippen LogP contribution is 2.30. The number of nitrogens with one attached hydrogen (secondary N) is 2. The van der Waals surface area contributed by atoms with E-state index in [4.69, 9.17) is 11.6 Å². The normalized spacial score (nSPS) is 22.2. The van der Waals surface area contributed by atoms with Gasteiger partial charge in [-0.05, 0) is 61.2 Å². The van der Waals surface area contributed by atoms with Gasteiger partial charge in [-0.2, -0.15) is 5.10 Å². The quantitative estimate of drug-likeness (QED) is 0.330. The Morgan fingerprint density at radius 1 is 0.978 bits per heavy atom. The lowest BCUT2D eigenvalue weighted by atomic mass is 9.87. The van der Waals surface area contributed by atoms with Gasteiger partial charge in [-0.15, -0.1) is 0 Å². The zero-order valence-electron chi connectivity index (χ0n) is 25.3. The number of benzene rings is 2. The van der Waals surface area contributed by atoms with Crippen LogP contribution in [-0.4, -0.2) is 76.6 Å². The Morgan fingerprint density at radius 2 is 1.69 bits per heavy atom. The third kappa shape index (κ3) is 6.80. The number of anilines is 1. The van der Waals surface area contributed by atoms with Crippen molar-refractivity contribution in [2.75, 3.05) is 38.5 Å². The van der Waals surface area contributed by atoms with Crippen LogP contribution < -0.4 is 16.2 Å². The molecule has 0 aliphatic carbocycles. The van der Waals surface area contributed by atoms with Gasteiger partial charge < -0.3 is 15.1 Å². The maximum absolute atomic E-state index is 13.1. The summed E-state index contributed by atoms with van der Waals surface area (Å²) < 4.78 is 1.22. The van der Waals surface area contributed by atoms with E-state index in [1.165, 1.54) is 4.68 Å². The van der Waals surface area contributed by atoms with Crippen molar-refractivity contribution in [2.45, 2.75) is 37.1 Å². The first-order valence-electron chi connectivity index (χ1n) is 15.2. The summed E-state index contributed by atoms with van der Waals surface area (Å²) in [4.78, 5) is 52.9. The van der Waals surface area contributed by atoms with Crippen LogP contribution in [0.5, 0.6) is 0 Å². The molecule has 0 radical (unpaired) electrons. The van der Waals surface area contributed by atoms with Crippen LogP contribution in [-0.2, 0) is 16.6 Å². The van der Waals surface area contributed by atoms with E-state index < -0.39 is 0 Å². The Labute approximate surface area is 266 Å². The molecule has 1 unspecified atom stereocenters. The first kappa shape index (κ1) is 30.6. The standard InChI is InChI=1S/C34H35ClN6O4/c1-39-19-26(15-27(20-39)37-29-16-36-40(2)34(45)31(29)35)23-9-11-25(12-10-23)33(44)41-17-22(18-41)4-3-21-5-7-24(8-6-21)28-13-14-30(42)38-32(28)43/h5-12,16,22,26-28,37H,13-15,17-20H2,1-2H3,(H,38,42,43)/t26-,27+,28?/m1/s1. The number of piperidine rings is 2. The van der Waals surface area contributed by atoms with Gasteiger partial charge in [0.1, 0.15) is 5.02 Å². The van der Waals surface area contributed by atoms with Crippen molar-refractivity contribution >= 4 is 35.0 Å². The Morgan fingerprint density at radius 3 is 2.40 bits per heavy atom. The topological polar surface area (TPSA) is 117 Å². The number of rotatable bonds is 5. The molecule has 10 nitrogen and oxygen atoms in total. The zero-order valence-corrected chi connectivity index (χ0v) is 26.0. The largest absolute Gasteiger partial charge is 0.378 e. The van der Waals surface area contributed by atoms with Crippen LogP contribution in [0.1, 0.15) is 58.1 Å². The van der Waals surface area contributed by atoms with Crippen LogP contribution in [0.3, 0.4) is 0 Å². The number of hydrogen-bond acceptors (Lipinski definition) is 7. The molecule has 3 amide bonds. The van der Waals surface area contributed by atoms with Gasteiger partial charge in [0, 0.05) is 56.8 Å². The fraction of sp³-hybridized carbons (Fsp3) is 0.382. The third-order valence-electron chi connectivity index (χ3n) is 8.84. The smallest absolute Gasteiger partial charge is 0.287 e. The molecule has 11 heteroatoms. The molecule has 6 rings (SSSR count). The first-order valence-corrected chi connectivity index (χ1v) is 15.5. The summed E-state index contributed by atoms with van der Waals surface area (Å²) in [5.74, 6) is 6.05. The second-order valence-corrected chi connectivity index (χ2v) is 12.6. The monoisotopic (exact) mass is 626 g/mol. The predicted molar refractivity (Wildman–Crippen MR) is 171 cm³/mol. The summed E-state index contributed by atoms with van der Waals surface area (Å²) >= 11 is 6.28. The maximum Gasteiger partial charge on any atom is 0.287 e. The van der Waals surface area contributed by atoms with Crippen LogP contribution in [0.4, 0.5) is 5.69 Å². The van der Waals surface area contributed by atoms with E-state index in [2.05, 4.69) is 39.5 Å². The van der Waals surface area contributed by atoms with Gasteiger partial charge in [-0.3, -0.25) is 24.5 Å². The number of carbonyl (C=O) groups excluding carboxylic acids is 3. The molecule has 3 saturated heterocycles. The van der Waals surface area contributed by atoms with E-state index in [-0.39, 0.29) is 52.1 Å². The van der Waals surface area contributed by atoms with Crippen LogP contribution in [0.25, 0.3) is 0 Å². The fourth-order valence-electron chi connectivity index (χ4n) is 6.31. The van der Waals surface area contributed by atoms with Gasteiger partial charge in [-0.1, -0.05) is 47.7 Å². The second kappa shape index (κ2) is 12.9. The summed E-state index contributed by atoms with van der Waals surface area (Å²) in [5.41, 5.74) is 3.76. The van der Waals surface area contributed by atoms with Crippen molar-refractivity contribution in [2.24, 2.45) is 13.0 Å². The SMILES string of the molecule is CN1C[C@@H](Nc2cnn(C)c(=O)c2Cl)C[C@@H](c2ccc(C(=O)N3CC(C#Cc4ccc(C5CCC(=O)NC5=O)cc4)C3)cc2)C1. The lowest BCUT2D eigenvalue weighted by molar-refractivity contribution is -0.134. The summed E-state index contributed by atoms with van der Waals surface area (Å²) in [7, 11) is 3.64.